The second kappa shape index (κ2) is 4.89. The molecule has 6 heteroatoms. The van der Waals surface area contributed by atoms with Crippen molar-refractivity contribution in [3.63, 3.8) is 0 Å². The van der Waals surface area contributed by atoms with E-state index in [9.17, 15) is 9.90 Å². The highest BCUT2D eigenvalue weighted by molar-refractivity contribution is 5.80. The Morgan fingerprint density at radius 3 is 2.79 bits per heavy atom. The molecule has 2 aromatic rings. The molecule has 0 atom stereocenters. The number of rotatable bonds is 3. The van der Waals surface area contributed by atoms with Crippen LogP contribution in [-0.4, -0.2) is 32.5 Å². The van der Waals surface area contributed by atoms with Crippen molar-refractivity contribution in [3.05, 3.63) is 23.4 Å². The topological polar surface area (TPSA) is 84.4 Å². The molecule has 0 bridgehead atoms. The average molecular weight is 262 g/mol. The van der Waals surface area contributed by atoms with Gasteiger partial charge in [-0.05, 0) is 24.6 Å². The minimum Gasteiger partial charge on any atom is -0.383 e. The van der Waals surface area contributed by atoms with Crippen molar-refractivity contribution in [2.75, 3.05) is 12.8 Å². The zero-order chi connectivity index (χ0) is 14.2. The monoisotopic (exact) mass is 262 g/mol. The van der Waals surface area contributed by atoms with Gasteiger partial charge in [-0.25, -0.2) is 4.98 Å². The van der Waals surface area contributed by atoms with Crippen molar-refractivity contribution in [2.45, 2.75) is 27.1 Å². The van der Waals surface area contributed by atoms with E-state index in [1.54, 1.807) is 16.5 Å². The highest BCUT2D eigenvalue weighted by Crippen LogP contribution is 2.22. The standard InChI is InChI=1S/C13H18N4O2/c1-8-4-12-11(15-13(8)14)5-10(17(12)7-18)6-16(3)9(2)19/h4-5,18H,6-7H2,1-3H3,(H2,14,15). The lowest BCUT2D eigenvalue weighted by atomic mass is 10.2. The largest absolute Gasteiger partial charge is 0.383 e. The molecular formula is C13H18N4O2. The molecule has 0 aromatic carbocycles. The quantitative estimate of drug-likeness (QED) is 0.859. The van der Waals surface area contributed by atoms with Gasteiger partial charge in [-0.15, -0.1) is 0 Å². The lowest BCUT2D eigenvalue weighted by molar-refractivity contribution is -0.128. The van der Waals surface area contributed by atoms with E-state index in [0.29, 0.717) is 12.4 Å². The van der Waals surface area contributed by atoms with Crippen LogP contribution in [-0.2, 0) is 18.1 Å². The number of nitrogens with two attached hydrogens (primary N) is 1. The molecule has 0 aliphatic carbocycles. The molecule has 0 radical (unpaired) electrons. The molecule has 102 valence electrons. The second-order valence-corrected chi connectivity index (χ2v) is 4.68. The Kier molecular flexibility index (Phi) is 3.44. The summed E-state index contributed by atoms with van der Waals surface area (Å²) in [7, 11) is 1.72. The van der Waals surface area contributed by atoms with E-state index in [-0.39, 0.29) is 12.6 Å². The minimum atomic E-state index is -0.157. The summed E-state index contributed by atoms with van der Waals surface area (Å²) in [4.78, 5) is 17.2. The van der Waals surface area contributed by atoms with Gasteiger partial charge in [0.15, 0.2) is 0 Å². The Hall–Kier alpha value is -2.08. The molecule has 6 nitrogen and oxygen atoms in total. The van der Waals surface area contributed by atoms with Crippen molar-refractivity contribution in [2.24, 2.45) is 0 Å². The van der Waals surface area contributed by atoms with Crippen LogP contribution in [0.4, 0.5) is 5.82 Å². The maximum Gasteiger partial charge on any atom is 0.219 e. The number of hydrogen-bond acceptors (Lipinski definition) is 4. The maximum atomic E-state index is 11.3. The first kappa shape index (κ1) is 13.4. The number of amides is 1. The number of hydrogen-bond donors (Lipinski definition) is 2. The van der Waals surface area contributed by atoms with Crippen molar-refractivity contribution in [1.82, 2.24) is 14.5 Å². The first-order valence-corrected chi connectivity index (χ1v) is 6.01. The Morgan fingerprint density at radius 2 is 2.21 bits per heavy atom. The molecular weight excluding hydrogens is 244 g/mol. The summed E-state index contributed by atoms with van der Waals surface area (Å²) in [5, 5.41) is 9.52. The Morgan fingerprint density at radius 1 is 1.53 bits per heavy atom. The van der Waals surface area contributed by atoms with Crippen LogP contribution in [0.1, 0.15) is 18.2 Å². The molecule has 0 unspecified atom stereocenters. The van der Waals surface area contributed by atoms with Crippen LogP contribution in [0.2, 0.25) is 0 Å². The molecule has 0 aliphatic heterocycles. The van der Waals surface area contributed by atoms with Crippen LogP contribution in [0.3, 0.4) is 0 Å². The second-order valence-electron chi connectivity index (χ2n) is 4.68. The molecule has 2 rings (SSSR count). The summed E-state index contributed by atoms with van der Waals surface area (Å²) < 4.78 is 1.73. The van der Waals surface area contributed by atoms with Gasteiger partial charge in [-0.1, -0.05) is 0 Å². The molecule has 3 N–H and O–H groups in total. The van der Waals surface area contributed by atoms with Crippen LogP contribution in [0, 0.1) is 6.92 Å². The first-order chi connectivity index (χ1) is 8.93. The highest BCUT2D eigenvalue weighted by atomic mass is 16.3. The molecule has 2 aromatic heterocycles. The first-order valence-electron chi connectivity index (χ1n) is 6.01. The number of fused-ring (bicyclic) bond motifs is 1. The fourth-order valence-corrected chi connectivity index (χ4v) is 1.99. The van der Waals surface area contributed by atoms with Crippen LogP contribution in [0.5, 0.6) is 0 Å². The van der Waals surface area contributed by atoms with Gasteiger partial charge < -0.3 is 20.3 Å². The van der Waals surface area contributed by atoms with Gasteiger partial charge in [0.05, 0.1) is 17.6 Å². The van der Waals surface area contributed by atoms with Crippen LogP contribution in [0.25, 0.3) is 11.0 Å². The smallest absolute Gasteiger partial charge is 0.219 e. The van der Waals surface area contributed by atoms with Gasteiger partial charge in [0.2, 0.25) is 5.91 Å². The fraction of sp³-hybridized carbons (Fsp3) is 0.385. The maximum absolute atomic E-state index is 11.3. The minimum absolute atomic E-state index is 0.0293. The van der Waals surface area contributed by atoms with Crippen molar-refractivity contribution in [3.8, 4) is 0 Å². The molecule has 0 aliphatic rings. The van der Waals surface area contributed by atoms with Crippen LogP contribution >= 0.6 is 0 Å². The summed E-state index contributed by atoms with van der Waals surface area (Å²) >= 11 is 0. The van der Waals surface area contributed by atoms with Crippen molar-refractivity contribution < 1.29 is 9.90 Å². The number of carbonyl (C=O) groups excluding carboxylic acids is 1. The lowest BCUT2D eigenvalue weighted by Gasteiger charge is -2.16. The highest BCUT2D eigenvalue weighted by Gasteiger charge is 2.13. The molecule has 0 spiro atoms. The van der Waals surface area contributed by atoms with Gasteiger partial charge in [0.25, 0.3) is 0 Å². The fourth-order valence-electron chi connectivity index (χ4n) is 1.99. The Bertz CT molecular complexity index is 633. The number of aliphatic hydroxyl groups excluding tert-OH is 1. The molecule has 0 fully saturated rings. The number of aliphatic hydroxyl groups is 1. The number of nitrogens with zero attached hydrogens (tertiary/aromatic N) is 3. The van der Waals surface area contributed by atoms with E-state index < -0.39 is 0 Å². The third kappa shape index (κ3) is 2.39. The van der Waals surface area contributed by atoms with Gasteiger partial charge in [-0.2, -0.15) is 0 Å². The Balaban J connectivity index is 2.52. The van der Waals surface area contributed by atoms with Gasteiger partial charge >= 0.3 is 0 Å². The van der Waals surface area contributed by atoms with E-state index in [1.807, 2.05) is 19.1 Å². The van der Waals surface area contributed by atoms with E-state index in [2.05, 4.69) is 4.98 Å². The molecule has 19 heavy (non-hydrogen) atoms. The zero-order valence-corrected chi connectivity index (χ0v) is 11.3. The number of aromatic nitrogens is 2. The van der Waals surface area contributed by atoms with Crippen molar-refractivity contribution in [1.29, 1.82) is 0 Å². The molecule has 1 amide bonds. The number of pyridine rings is 1. The predicted molar refractivity (Wildman–Crippen MR) is 73.2 cm³/mol. The van der Waals surface area contributed by atoms with E-state index >= 15 is 0 Å². The third-order valence-electron chi connectivity index (χ3n) is 3.28. The predicted octanol–water partition coefficient (Wildman–Crippen LogP) is 0.855. The zero-order valence-electron chi connectivity index (χ0n) is 11.3. The summed E-state index contributed by atoms with van der Waals surface area (Å²) in [5.41, 5.74) is 9.03. The third-order valence-corrected chi connectivity index (χ3v) is 3.28. The summed E-state index contributed by atoms with van der Waals surface area (Å²) in [5.74, 6) is 0.451. The normalized spacial score (nSPS) is 10.9. The number of carbonyl (C=O) groups is 1. The number of aryl methyl sites for hydroxylation is 1. The Labute approximate surface area is 111 Å². The van der Waals surface area contributed by atoms with Crippen LogP contribution < -0.4 is 5.73 Å². The van der Waals surface area contributed by atoms with E-state index in [4.69, 9.17) is 5.73 Å². The summed E-state index contributed by atoms with van der Waals surface area (Å²) in [6.45, 7) is 3.64. The SMILES string of the molecule is CC(=O)N(C)Cc1cc2nc(N)c(C)cc2n1CO. The average Bonchev–Trinajstić information content (AvgIpc) is 2.66. The van der Waals surface area contributed by atoms with Crippen molar-refractivity contribution >= 4 is 22.8 Å². The molecule has 2 heterocycles. The molecule has 0 saturated heterocycles. The summed E-state index contributed by atoms with van der Waals surface area (Å²) in [6.07, 6.45) is 0. The van der Waals surface area contributed by atoms with Gasteiger partial charge in [0.1, 0.15) is 12.5 Å². The number of anilines is 1. The van der Waals surface area contributed by atoms with E-state index in [1.165, 1.54) is 6.92 Å². The summed E-state index contributed by atoms with van der Waals surface area (Å²) in [6, 6.07) is 3.74. The van der Waals surface area contributed by atoms with Gasteiger partial charge in [-0.3, -0.25) is 4.79 Å². The lowest BCUT2D eigenvalue weighted by Crippen LogP contribution is -2.24. The van der Waals surface area contributed by atoms with Crippen LogP contribution in [0.15, 0.2) is 12.1 Å². The van der Waals surface area contributed by atoms with Gasteiger partial charge in [0, 0.05) is 19.7 Å². The molecule has 0 saturated carbocycles. The van der Waals surface area contributed by atoms with E-state index in [0.717, 1.165) is 22.3 Å². The number of nitrogen functional groups attached to an aromatic ring is 1.